The van der Waals surface area contributed by atoms with Gasteiger partial charge in [0.2, 0.25) is 0 Å². The zero-order chi connectivity index (χ0) is 19.3. The van der Waals surface area contributed by atoms with Crippen LogP contribution in [-0.2, 0) is 9.47 Å². The van der Waals surface area contributed by atoms with E-state index in [2.05, 4.69) is 10.2 Å². The number of likely N-dealkylation sites (tertiary alicyclic amines) is 1. The van der Waals surface area contributed by atoms with Gasteiger partial charge in [0.05, 0.1) is 12.8 Å². The fourth-order valence-electron chi connectivity index (χ4n) is 3.18. The first-order chi connectivity index (χ1) is 11.5. The molecule has 1 unspecified atom stereocenters. The summed E-state index contributed by atoms with van der Waals surface area (Å²) < 4.78 is 10.6. The first-order valence-electron chi connectivity index (χ1n) is 9.17. The van der Waals surface area contributed by atoms with Crippen LogP contribution in [0, 0.1) is 5.41 Å². The number of amides is 1. The third kappa shape index (κ3) is 7.48. The number of carbonyl (C=O) groups is 1. The molecule has 1 fully saturated rings. The molecule has 0 spiro atoms. The van der Waals surface area contributed by atoms with Crippen molar-refractivity contribution in [2.24, 2.45) is 11.1 Å². The standard InChI is InChI=1S/C18H37N3O4/c1-17(2,3)14(20-16(23)25-18(4,5)6)15(22)21-10-7-8-13(21)9-11-24-12-19/h13-15,22H,7-12,19H2,1-6H3,(H,20,23)/t13-,14+,15?/m0/s1. The van der Waals surface area contributed by atoms with Crippen LogP contribution in [0.2, 0.25) is 0 Å². The van der Waals surface area contributed by atoms with Crippen molar-refractivity contribution in [1.29, 1.82) is 0 Å². The normalized spacial score (nSPS) is 21.8. The second kappa shape index (κ2) is 9.16. The van der Waals surface area contributed by atoms with E-state index in [9.17, 15) is 9.90 Å². The Bertz CT molecular complexity index is 418. The number of hydrogen-bond acceptors (Lipinski definition) is 6. The van der Waals surface area contributed by atoms with Crippen LogP contribution in [0.5, 0.6) is 0 Å². The number of aliphatic hydroxyl groups is 1. The zero-order valence-electron chi connectivity index (χ0n) is 16.7. The quantitative estimate of drug-likeness (QED) is 0.475. The summed E-state index contributed by atoms with van der Waals surface area (Å²) in [5.74, 6) is 0. The molecule has 1 aliphatic heterocycles. The van der Waals surface area contributed by atoms with Gasteiger partial charge >= 0.3 is 6.09 Å². The van der Waals surface area contributed by atoms with Gasteiger partial charge in [0.15, 0.2) is 0 Å². The van der Waals surface area contributed by atoms with E-state index in [1.54, 1.807) is 0 Å². The molecule has 0 bridgehead atoms. The summed E-state index contributed by atoms with van der Waals surface area (Å²) in [7, 11) is 0. The van der Waals surface area contributed by atoms with Crippen LogP contribution in [-0.4, -0.2) is 59.9 Å². The number of ether oxygens (including phenoxy) is 2. The number of carbonyl (C=O) groups excluding carboxylic acids is 1. The lowest BCUT2D eigenvalue weighted by molar-refractivity contribution is -0.0645. The molecule has 1 rings (SSSR count). The number of rotatable bonds is 7. The third-order valence-corrected chi connectivity index (χ3v) is 4.38. The lowest BCUT2D eigenvalue weighted by Crippen LogP contribution is -2.59. The maximum absolute atomic E-state index is 12.2. The predicted octanol–water partition coefficient (Wildman–Crippen LogP) is 2.03. The Morgan fingerprint density at radius 1 is 1.32 bits per heavy atom. The molecule has 0 radical (unpaired) electrons. The van der Waals surface area contributed by atoms with Gasteiger partial charge in [-0.2, -0.15) is 0 Å². The van der Waals surface area contributed by atoms with E-state index in [1.165, 1.54) is 0 Å². The topological polar surface area (TPSA) is 97.0 Å². The van der Waals surface area contributed by atoms with Crippen molar-refractivity contribution >= 4 is 6.09 Å². The summed E-state index contributed by atoms with van der Waals surface area (Å²) in [6.45, 7) is 13.1. The number of nitrogens with one attached hydrogen (secondary N) is 1. The summed E-state index contributed by atoms with van der Waals surface area (Å²) in [6, 6.07) is -0.217. The second-order valence-corrected chi connectivity index (χ2v) is 8.80. The van der Waals surface area contributed by atoms with E-state index in [-0.39, 0.29) is 18.2 Å². The number of nitrogens with two attached hydrogens (primary N) is 1. The molecule has 0 saturated carbocycles. The maximum atomic E-state index is 12.2. The molecule has 0 aromatic heterocycles. The Hall–Kier alpha value is -0.890. The van der Waals surface area contributed by atoms with Gasteiger partial charge in [-0.3, -0.25) is 4.90 Å². The highest BCUT2D eigenvalue weighted by Crippen LogP contribution is 2.29. The zero-order valence-corrected chi connectivity index (χ0v) is 16.7. The summed E-state index contributed by atoms with van der Waals surface area (Å²) in [6.07, 6.45) is 1.56. The number of hydrogen-bond donors (Lipinski definition) is 3. The first-order valence-corrected chi connectivity index (χ1v) is 9.17. The minimum absolute atomic E-state index is 0.208. The highest BCUT2D eigenvalue weighted by Gasteiger charge is 2.40. The predicted molar refractivity (Wildman–Crippen MR) is 98.0 cm³/mol. The van der Waals surface area contributed by atoms with Gasteiger partial charge in [0.25, 0.3) is 0 Å². The van der Waals surface area contributed by atoms with Crippen LogP contribution >= 0.6 is 0 Å². The van der Waals surface area contributed by atoms with Gasteiger partial charge in [-0.25, -0.2) is 4.79 Å². The Morgan fingerprint density at radius 2 is 1.96 bits per heavy atom. The fraction of sp³-hybridized carbons (Fsp3) is 0.944. The first kappa shape index (κ1) is 22.2. The molecule has 7 nitrogen and oxygen atoms in total. The van der Waals surface area contributed by atoms with Crippen molar-refractivity contribution in [3.63, 3.8) is 0 Å². The Balaban J connectivity index is 2.79. The van der Waals surface area contributed by atoms with Crippen molar-refractivity contribution in [3.05, 3.63) is 0 Å². The van der Waals surface area contributed by atoms with Crippen molar-refractivity contribution in [2.45, 2.75) is 84.7 Å². The van der Waals surface area contributed by atoms with Crippen LogP contribution in [0.4, 0.5) is 4.79 Å². The summed E-state index contributed by atoms with van der Waals surface area (Å²) in [5.41, 5.74) is 4.47. The van der Waals surface area contributed by atoms with Crippen LogP contribution in [0.3, 0.4) is 0 Å². The SMILES string of the molecule is CC(C)(C)OC(=O)N[C@H](C(O)N1CCC[C@H]1CCOCN)C(C)(C)C. The lowest BCUT2D eigenvalue weighted by atomic mass is 9.85. The molecule has 1 saturated heterocycles. The molecular formula is C18H37N3O4. The smallest absolute Gasteiger partial charge is 0.408 e. The van der Waals surface area contributed by atoms with E-state index in [0.29, 0.717) is 6.61 Å². The molecule has 1 amide bonds. The van der Waals surface area contributed by atoms with Gasteiger partial charge in [-0.05, 0) is 45.4 Å². The Kier molecular flexibility index (Phi) is 8.12. The van der Waals surface area contributed by atoms with Crippen LogP contribution in [0.1, 0.15) is 60.8 Å². The molecule has 0 aromatic rings. The molecule has 1 heterocycles. The molecule has 148 valence electrons. The molecule has 3 atom stereocenters. The fourth-order valence-corrected chi connectivity index (χ4v) is 3.18. The van der Waals surface area contributed by atoms with Crippen molar-refractivity contribution in [2.75, 3.05) is 19.9 Å². The minimum Gasteiger partial charge on any atom is -0.444 e. The molecule has 0 aliphatic carbocycles. The van der Waals surface area contributed by atoms with Crippen molar-refractivity contribution in [3.8, 4) is 0 Å². The second-order valence-electron chi connectivity index (χ2n) is 8.80. The summed E-state index contributed by atoms with van der Waals surface area (Å²) in [4.78, 5) is 14.3. The number of aliphatic hydroxyl groups excluding tert-OH is 1. The Labute approximate surface area is 152 Å². The lowest BCUT2D eigenvalue weighted by Gasteiger charge is -2.41. The largest absolute Gasteiger partial charge is 0.444 e. The average Bonchev–Trinajstić information content (AvgIpc) is 2.90. The highest BCUT2D eigenvalue weighted by atomic mass is 16.6. The molecule has 4 N–H and O–H groups in total. The molecular weight excluding hydrogens is 322 g/mol. The van der Waals surface area contributed by atoms with Gasteiger partial charge in [-0.1, -0.05) is 20.8 Å². The van der Waals surface area contributed by atoms with Gasteiger partial charge in [-0.15, -0.1) is 0 Å². The van der Waals surface area contributed by atoms with Crippen LogP contribution in [0.15, 0.2) is 0 Å². The third-order valence-electron chi connectivity index (χ3n) is 4.38. The van der Waals surface area contributed by atoms with Gasteiger partial charge in [0.1, 0.15) is 11.8 Å². The van der Waals surface area contributed by atoms with Gasteiger partial charge in [0, 0.05) is 19.2 Å². The van der Waals surface area contributed by atoms with Crippen LogP contribution < -0.4 is 11.1 Å². The molecule has 0 aromatic carbocycles. The van der Waals surface area contributed by atoms with E-state index in [0.717, 1.165) is 25.8 Å². The number of alkyl carbamates (subject to hydrolysis) is 1. The highest BCUT2D eigenvalue weighted by molar-refractivity contribution is 5.68. The number of nitrogens with zero attached hydrogens (tertiary/aromatic N) is 1. The average molecular weight is 360 g/mol. The van der Waals surface area contributed by atoms with Crippen molar-refractivity contribution in [1.82, 2.24) is 10.2 Å². The summed E-state index contributed by atoms with van der Waals surface area (Å²) in [5, 5.41) is 13.9. The minimum atomic E-state index is -0.780. The monoisotopic (exact) mass is 359 g/mol. The molecule has 1 aliphatic rings. The van der Waals surface area contributed by atoms with Crippen LogP contribution in [0.25, 0.3) is 0 Å². The van der Waals surface area contributed by atoms with Crippen molar-refractivity contribution < 1.29 is 19.4 Å². The van der Waals surface area contributed by atoms with E-state index < -0.39 is 24.0 Å². The van der Waals surface area contributed by atoms with Gasteiger partial charge < -0.3 is 25.6 Å². The van der Waals surface area contributed by atoms with E-state index in [4.69, 9.17) is 15.2 Å². The Morgan fingerprint density at radius 3 is 2.48 bits per heavy atom. The molecule has 25 heavy (non-hydrogen) atoms. The molecule has 7 heteroatoms. The van der Waals surface area contributed by atoms with E-state index >= 15 is 0 Å². The maximum Gasteiger partial charge on any atom is 0.408 e. The van der Waals surface area contributed by atoms with E-state index in [1.807, 2.05) is 41.5 Å². The summed E-state index contributed by atoms with van der Waals surface area (Å²) >= 11 is 0.